The van der Waals surface area contributed by atoms with Gasteiger partial charge in [-0.25, -0.2) is 0 Å². The van der Waals surface area contributed by atoms with Gasteiger partial charge in [0, 0.05) is 24.3 Å². The largest absolute Gasteiger partial charge is 0.273 e. The molecule has 1 aromatic heterocycles. The Hall–Kier alpha value is -0.500. The molecule has 0 aliphatic rings. The van der Waals surface area contributed by atoms with Gasteiger partial charge in [-0.15, -0.1) is 11.6 Å². The van der Waals surface area contributed by atoms with E-state index in [2.05, 4.69) is 18.9 Å². The van der Waals surface area contributed by atoms with E-state index in [1.807, 2.05) is 24.0 Å². The van der Waals surface area contributed by atoms with Crippen LogP contribution in [0.1, 0.15) is 26.0 Å². The first kappa shape index (κ1) is 10.6. The SMILES string of the molecule is CC(C)C(Cl)CCc1ccnn1C. The molecule has 74 valence electrons. The Morgan fingerprint density at radius 2 is 2.23 bits per heavy atom. The van der Waals surface area contributed by atoms with E-state index in [-0.39, 0.29) is 5.38 Å². The zero-order chi connectivity index (χ0) is 9.84. The predicted molar refractivity (Wildman–Crippen MR) is 56.0 cm³/mol. The zero-order valence-corrected chi connectivity index (χ0v) is 9.25. The van der Waals surface area contributed by atoms with Crippen LogP contribution in [-0.4, -0.2) is 15.2 Å². The zero-order valence-electron chi connectivity index (χ0n) is 8.50. The lowest BCUT2D eigenvalue weighted by Gasteiger charge is -2.12. The molecule has 0 aliphatic carbocycles. The highest BCUT2D eigenvalue weighted by atomic mass is 35.5. The number of aryl methyl sites for hydroxylation is 2. The summed E-state index contributed by atoms with van der Waals surface area (Å²) in [4.78, 5) is 0. The first-order valence-corrected chi connectivity index (χ1v) is 5.16. The van der Waals surface area contributed by atoms with Crippen LogP contribution < -0.4 is 0 Å². The van der Waals surface area contributed by atoms with Crippen LogP contribution in [0, 0.1) is 5.92 Å². The second-order valence-electron chi connectivity index (χ2n) is 3.74. The van der Waals surface area contributed by atoms with Crippen LogP contribution in [0.25, 0.3) is 0 Å². The van der Waals surface area contributed by atoms with Gasteiger partial charge < -0.3 is 0 Å². The van der Waals surface area contributed by atoms with Gasteiger partial charge in [-0.3, -0.25) is 4.68 Å². The standard InChI is InChI=1S/C10H17ClN2/c1-8(2)10(11)5-4-9-6-7-12-13(9)3/h6-8,10H,4-5H2,1-3H3. The number of alkyl halides is 1. The maximum atomic E-state index is 6.16. The van der Waals surface area contributed by atoms with Crippen molar-refractivity contribution in [2.75, 3.05) is 0 Å². The molecule has 1 heterocycles. The summed E-state index contributed by atoms with van der Waals surface area (Å²) < 4.78 is 1.91. The van der Waals surface area contributed by atoms with Gasteiger partial charge in [0.2, 0.25) is 0 Å². The fraction of sp³-hybridized carbons (Fsp3) is 0.700. The molecule has 0 saturated carbocycles. The van der Waals surface area contributed by atoms with Gasteiger partial charge in [0.1, 0.15) is 0 Å². The van der Waals surface area contributed by atoms with Crippen molar-refractivity contribution in [1.82, 2.24) is 9.78 Å². The Bertz CT molecular complexity index is 255. The molecule has 0 bridgehead atoms. The molecule has 1 rings (SSSR count). The van der Waals surface area contributed by atoms with Crippen LogP contribution in [0.3, 0.4) is 0 Å². The van der Waals surface area contributed by atoms with E-state index in [9.17, 15) is 0 Å². The summed E-state index contributed by atoms with van der Waals surface area (Å²) in [6.07, 6.45) is 3.87. The molecule has 0 fully saturated rings. The number of rotatable bonds is 4. The van der Waals surface area contributed by atoms with E-state index in [1.54, 1.807) is 0 Å². The molecule has 1 atom stereocenters. The van der Waals surface area contributed by atoms with Gasteiger partial charge in [0.15, 0.2) is 0 Å². The lowest BCUT2D eigenvalue weighted by molar-refractivity contribution is 0.553. The monoisotopic (exact) mass is 200 g/mol. The Kier molecular flexibility index (Phi) is 3.79. The number of nitrogens with zero attached hydrogens (tertiary/aromatic N) is 2. The minimum atomic E-state index is 0.273. The molecule has 0 amide bonds. The molecule has 1 aromatic rings. The van der Waals surface area contributed by atoms with Crippen molar-refractivity contribution in [3.63, 3.8) is 0 Å². The smallest absolute Gasteiger partial charge is 0.0492 e. The van der Waals surface area contributed by atoms with Crippen molar-refractivity contribution in [3.8, 4) is 0 Å². The summed E-state index contributed by atoms with van der Waals surface area (Å²) in [5.41, 5.74) is 1.26. The Morgan fingerprint density at radius 1 is 1.54 bits per heavy atom. The van der Waals surface area contributed by atoms with E-state index in [0.717, 1.165) is 12.8 Å². The lowest BCUT2D eigenvalue weighted by atomic mass is 10.0. The van der Waals surface area contributed by atoms with E-state index in [1.165, 1.54) is 5.69 Å². The van der Waals surface area contributed by atoms with Gasteiger partial charge in [0.25, 0.3) is 0 Å². The summed E-state index contributed by atoms with van der Waals surface area (Å²) >= 11 is 6.16. The number of aromatic nitrogens is 2. The van der Waals surface area contributed by atoms with Gasteiger partial charge in [-0.2, -0.15) is 5.10 Å². The van der Waals surface area contributed by atoms with Crippen LogP contribution in [-0.2, 0) is 13.5 Å². The van der Waals surface area contributed by atoms with Gasteiger partial charge in [0.05, 0.1) is 0 Å². The third kappa shape index (κ3) is 3.03. The maximum Gasteiger partial charge on any atom is 0.0492 e. The molecule has 0 aromatic carbocycles. The van der Waals surface area contributed by atoms with Crippen LogP contribution in [0.15, 0.2) is 12.3 Å². The first-order valence-electron chi connectivity index (χ1n) is 4.72. The molecule has 3 heteroatoms. The topological polar surface area (TPSA) is 17.8 Å². The quantitative estimate of drug-likeness (QED) is 0.684. The third-order valence-corrected chi connectivity index (χ3v) is 3.04. The molecule has 0 aliphatic heterocycles. The second-order valence-corrected chi connectivity index (χ2v) is 4.31. The lowest BCUT2D eigenvalue weighted by Crippen LogP contribution is -2.10. The fourth-order valence-corrected chi connectivity index (χ4v) is 1.37. The summed E-state index contributed by atoms with van der Waals surface area (Å²) in [6, 6.07) is 2.05. The molecular formula is C10H17ClN2. The Balaban J connectivity index is 2.39. The molecule has 13 heavy (non-hydrogen) atoms. The van der Waals surface area contributed by atoms with E-state index < -0.39 is 0 Å². The summed E-state index contributed by atoms with van der Waals surface area (Å²) in [5.74, 6) is 0.551. The molecule has 0 N–H and O–H groups in total. The maximum absolute atomic E-state index is 6.16. The van der Waals surface area contributed by atoms with Gasteiger partial charge >= 0.3 is 0 Å². The van der Waals surface area contributed by atoms with Crippen molar-refractivity contribution in [1.29, 1.82) is 0 Å². The molecule has 2 nitrogen and oxygen atoms in total. The summed E-state index contributed by atoms with van der Waals surface area (Å²) in [5, 5.41) is 4.39. The number of hydrogen-bond donors (Lipinski definition) is 0. The Labute approximate surface area is 84.9 Å². The van der Waals surface area contributed by atoms with Crippen molar-refractivity contribution in [2.45, 2.75) is 32.1 Å². The van der Waals surface area contributed by atoms with E-state index in [0.29, 0.717) is 5.92 Å². The van der Waals surface area contributed by atoms with Crippen LogP contribution in [0.2, 0.25) is 0 Å². The fourth-order valence-electron chi connectivity index (χ4n) is 1.27. The van der Waals surface area contributed by atoms with Crippen molar-refractivity contribution < 1.29 is 0 Å². The highest BCUT2D eigenvalue weighted by Gasteiger charge is 2.10. The minimum Gasteiger partial charge on any atom is -0.273 e. The highest BCUT2D eigenvalue weighted by Crippen LogP contribution is 2.16. The van der Waals surface area contributed by atoms with E-state index >= 15 is 0 Å². The molecule has 0 saturated heterocycles. The van der Waals surface area contributed by atoms with Crippen LogP contribution in [0.4, 0.5) is 0 Å². The predicted octanol–water partition coefficient (Wildman–Crippen LogP) is 2.62. The summed E-state index contributed by atoms with van der Waals surface area (Å²) in [7, 11) is 1.97. The van der Waals surface area contributed by atoms with Crippen molar-refractivity contribution in [2.24, 2.45) is 13.0 Å². The number of hydrogen-bond acceptors (Lipinski definition) is 1. The van der Waals surface area contributed by atoms with Gasteiger partial charge in [-0.1, -0.05) is 13.8 Å². The first-order chi connectivity index (χ1) is 6.11. The molecule has 0 radical (unpaired) electrons. The average Bonchev–Trinajstić information content (AvgIpc) is 2.47. The Morgan fingerprint density at radius 3 is 2.69 bits per heavy atom. The van der Waals surface area contributed by atoms with Crippen LogP contribution in [0.5, 0.6) is 0 Å². The van der Waals surface area contributed by atoms with Crippen molar-refractivity contribution in [3.05, 3.63) is 18.0 Å². The number of halogens is 1. The van der Waals surface area contributed by atoms with Crippen molar-refractivity contribution >= 4 is 11.6 Å². The third-order valence-electron chi connectivity index (χ3n) is 2.32. The van der Waals surface area contributed by atoms with Gasteiger partial charge in [-0.05, 0) is 24.8 Å². The molecule has 0 spiro atoms. The second kappa shape index (κ2) is 4.66. The molecular weight excluding hydrogens is 184 g/mol. The minimum absolute atomic E-state index is 0.273. The highest BCUT2D eigenvalue weighted by molar-refractivity contribution is 6.20. The van der Waals surface area contributed by atoms with E-state index in [4.69, 9.17) is 11.6 Å². The van der Waals surface area contributed by atoms with Crippen LogP contribution >= 0.6 is 11.6 Å². The summed E-state index contributed by atoms with van der Waals surface area (Å²) in [6.45, 7) is 4.31. The molecule has 1 unspecified atom stereocenters. The average molecular weight is 201 g/mol. The normalized spacial score (nSPS) is 13.6.